The maximum absolute atomic E-state index is 12.7. The van der Waals surface area contributed by atoms with Crippen LogP contribution >= 0.6 is 11.3 Å². The Bertz CT molecular complexity index is 700. The average Bonchev–Trinajstić information content (AvgIpc) is 2.98. The molecule has 1 aromatic heterocycles. The van der Waals surface area contributed by atoms with Crippen LogP contribution in [-0.4, -0.2) is 28.5 Å². The summed E-state index contributed by atoms with van der Waals surface area (Å²) in [5.74, 6) is -0.688. The van der Waals surface area contributed by atoms with Gasteiger partial charge in [0.1, 0.15) is 6.54 Å². The monoisotopic (exact) mass is 358 g/mol. The second-order valence-corrected chi connectivity index (χ2v) is 5.88. The number of nitro groups is 1. The molecule has 0 aliphatic rings. The minimum atomic E-state index is -4.50. The number of non-ortho nitro benzene ring substituents is 1. The Morgan fingerprint density at radius 3 is 2.33 bits per heavy atom. The van der Waals surface area contributed by atoms with E-state index < -0.39 is 23.6 Å². The molecule has 9 heteroatoms. The zero-order chi connectivity index (χ0) is 17.7. The molecule has 0 saturated heterocycles. The summed E-state index contributed by atoms with van der Waals surface area (Å²) < 4.78 is 38.1. The predicted molar refractivity (Wildman–Crippen MR) is 82.6 cm³/mol. The zero-order valence-electron chi connectivity index (χ0n) is 12.3. The predicted octanol–water partition coefficient (Wildman–Crippen LogP) is 3.79. The van der Waals surface area contributed by atoms with Crippen LogP contribution in [0.5, 0.6) is 0 Å². The van der Waals surface area contributed by atoms with Gasteiger partial charge in [-0.25, -0.2) is 0 Å². The number of thiophene rings is 1. The third kappa shape index (κ3) is 5.34. The molecule has 0 radical (unpaired) electrons. The van der Waals surface area contributed by atoms with Gasteiger partial charge >= 0.3 is 6.18 Å². The molecule has 1 aromatic carbocycles. The Morgan fingerprint density at radius 2 is 1.83 bits per heavy atom. The Kier molecular flexibility index (Phi) is 5.55. The molecule has 128 valence electrons. The summed E-state index contributed by atoms with van der Waals surface area (Å²) in [7, 11) is 0. The molecule has 0 spiro atoms. The first-order valence-electron chi connectivity index (χ1n) is 6.83. The summed E-state index contributed by atoms with van der Waals surface area (Å²) in [6, 6.07) is 6.83. The molecule has 0 saturated carbocycles. The van der Waals surface area contributed by atoms with Crippen LogP contribution in [0.15, 0.2) is 41.1 Å². The van der Waals surface area contributed by atoms with Crippen molar-refractivity contribution >= 4 is 22.9 Å². The first-order chi connectivity index (χ1) is 11.2. The molecule has 2 aromatic rings. The van der Waals surface area contributed by atoms with Gasteiger partial charge in [-0.05, 0) is 28.0 Å². The van der Waals surface area contributed by atoms with Crippen molar-refractivity contribution in [1.82, 2.24) is 4.90 Å². The summed E-state index contributed by atoms with van der Waals surface area (Å²) >= 11 is 1.34. The van der Waals surface area contributed by atoms with Crippen molar-refractivity contribution < 1.29 is 22.9 Å². The van der Waals surface area contributed by atoms with Crippen LogP contribution in [0.2, 0.25) is 0 Å². The lowest BCUT2D eigenvalue weighted by Gasteiger charge is -2.23. The Labute approximate surface area is 139 Å². The maximum atomic E-state index is 12.7. The SMILES string of the molecule is O=C(Cc1ccc([N+](=O)[O-])cc1)N(Cc1ccsc1)CC(F)(F)F. The standard InChI is InChI=1S/C15H13F3N2O3S/c16-15(17,18)10-19(8-12-5-6-24-9-12)14(21)7-11-1-3-13(4-2-11)20(22)23/h1-6,9H,7-8,10H2. The van der Waals surface area contributed by atoms with Crippen LogP contribution in [0.4, 0.5) is 18.9 Å². The highest BCUT2D eigenvalue weighted by atomic mass is 32.1. The topological polar surface area (TPSA) is 63.4 Å². The summed E-state index contributed by atoms with van der Waals surface area (Å²) in [5.41, 5.74) is 0.904. The van der Waals surface area contributed by atoms with Gasteiger partial charge in [0, 0.05) is 18.7 Å². The number of alkyl halides is 3. The van der Waals surface area contributed by atoms with Gasteiger partial charge in [-0.15, -0.1) is 0 Å². The molecule has 1 heterocycles. The second-order valence-electron chi connectivity index (χ2n) is 5.10. The lowest BCUT2D eigenvalue weighted by molar-refractivity contribution is -0.384. The van der Waals surface area contributed by atoms with E-state index in [0.29, 0.717) is 11.1 Å². The smallest absolute Gasteiger partial charge is 0.329 e. The van der Waals surface area contributed by atoms with Crippen molar-refractivity contribution in [3.8, 4) is 0 Å². The number of halogens is 3. The van der Waals surface area contributed by atoms with Crippen LogP contribution in [0, 0.1) is 10.1 Å². The van der Waals surface area contributed by atoms with Gasteiger partial charge < -0.3 is 4.90 Å². The number of amides is 1. The molecule has 0 bridgehead atoms. The molecule has 2 rings (SSSR count). The van der Waals surface area contributed by atoms with E-state index in [9.17, 15) is 28.1 Å². The van der Waals surface area contributed by atoms with Gasteiger partial charge in [0.25, 0.3) is 5.69 Å². The van der Waals surface area contributed by atoms with Crippen molar-refractivity contribution in [3.05, 3.63) is 62.3 Å². The van der Waals surface area contributed by atoms with Gasteiger partial charge in [-0.2, -0.15) is 24.5 Å². The van der Waals surface area contributed by atoms with Crippen molar-refractivity contribution in [2.45, 2.75) is 19.1 Å². The fourth-order valence-electron chi connectivity index (χ4n) is 2.07. The fraction of sp³-hybridized carbons (Fsp3) is 0.267. The molecule has 0 atom stereocenters. The summed E-state index contributed by atoms with van der Waals surface area (Å²) in [6.45, 7) is -1.47. The number of rotatable bonds is 6. The molecule has 0 fully saturated rings. The first-order valence-corrected chi connectivity index (χ1v) is 7.78. The molecular weight excluding hydrogens is 345 g/mol. The zero-order valence-corrected chi connectivity index (χ0v) is 13.1. The third-order valence-corrected chi connectivity index (χ3v) is 3.91. The molecule has 0 unspecified atom stereocenters. The largest absolute Gasteiger partial charge is 0.406 e. The molecule has 0 aliphatic heterocycles. The summed E-state index contributed by atoms with van der Waals surface area (Å²) in [5, 5.41) is 14.0. The quantitative estimate of drug-likeness (QED) is 0.583. The molecule has 0 aliphatic carbocycles. The fourth-order valence-corrected chi connectivity index (χ4v) is 2.73. The van der Waals surface area contributed by atoms with E-state index in [1.807, 2.05) is 0 Å². The van der Waals surface area contributed by atoms with Crippen molar-refractivity contribution in [2.75, 3.05) is 6.54 Å². The normalized spacial score (nSPS) is 11.3. The van der Waals surface area contributed by atoms with E-state index in [1.165, 1.54) is 35.6 Å². The van der Waals surface area contributed by atoms with Crippen molar-refractivity contribution in [2.24, 2.45) is 0 Å². The minimum absolute atomic E-state index is 0.130. The van der Waals surface area contributed by atoms with Crippen LogP contribution in [0.25, 0.3) is 0 Å². The second kappa shape index (κ2) is 7.43. The molecule has 1 amide bonds. The number of carbonyl (C=O) groups excluding carboxylic acids is 1. The Morgan fingerprint density at radius 1 is 1.17 bits per heavy atom. The number of hydrogen-bond donors (Lipinski definition) is 0. The highest BCUT2D eigenvalue weighted by Crippen LogP contribution is 2.20. The molecule has 24 heavy (non-hydrogen) atoms. The number of nitro benzene ring substituents is 1. The van der Waals surface area contributed by atoms with E-state index in [1.54, 1.807) is 16.8 Å². The van der Waals surface area contributed by atoms with E-state index in [4.69, 9.17) is 0 Å². The lowest BCUT2D eigenvalue weighted by atomic mass is 10.1. The maximum Gasteiger partial charge on any atom is 0.406 e. The number of hydrogen-bond acceptors (Lipinski definition) is 4. The lowest BCUT2D eigenvalue weighted by Crippen LogP contribution is -2.39. The van der Waals surface area contributed by atoms with Crippen molar-refractivity contribution in [1.29, 1.82) is 0 Å². The highest BCUT2D eigenvalue weighted by Gasteiger charge is 2.33. The van der Waals surface area contributed by atoms with Crippen LogP contribution in [0.3, 0.4) is 0 Å². The Hall–Kier alpha value is -2.42. The van der Waals surface area contributed by atoms with Crippen molar-refractivity contribution in [3.63, 3.8) is 0 Å². The average molecular weight is 358 g/mol. The highest BCUT2D eigenvalue weighted by molar-refractivity contribution is 7.07. The van der Waals surface area contributed by atoms with E-state index in [-0.39, 0.29) is 18.7 Å². The summed E-state index contributed by atoms with van der Waals surface area (Å²) in [6.07, 6.45) is -4.75. The van der Waals surface area contributed by atoms with E-state index >= 15 is 0 Å². The van der Waals surface area contributed by atoms with Crippen LogP contribution in [0.1, 0.15) is 11.1 Å². The van der Waals surface area contributed by atoms with Crippen LogP contribution in [-0.2, 0) is 17.8 Å². The van der Waals surface area contributed by atoms with Crippen LogP contribution < -0.4 is 0 Å². The van der Waals surface area contributed by atoms with Gasteiger partial charge in [0.2, 0.25) is 5.91 Å². The van der Waals surface area contributed by atoms with Gasteiger partial charge in [-0.3, -0.25) is 14.9 Å². The first kappa shape index (κ1) is 17.9. The molecular formula is C15H13F3N2O3S. The molecule has 0 N–H and O–H groups in total. The third-order valence-electron chi connectivity index (χ3n) is 3.18. The van der Waals surface area contributed by atoms with Gasteiger partial charge in [-0.1, -0.05) is 12.1 Å². The minimum Gasteiger partial charge on any atom is -0.329 e. The van der Waals surface area contributed by atoms with E-state index in [0.717, 1.165) is 4.90 Å². The Balaban J connectivity index is 2.09. The summed E-state index contributed by atoms with van der Waals surface area (Å²) in [4.78, 5) is 23.0. The number of benzene rings is 1. The van der Waals surface area contributed by atoms with E-state index in [2.05, 4.69) is 0 Å². The number of carbonyl (C=O) groups is 1. The van der Waals surface area contributed by atoms with Gasteiger partial charge in [0.05, 0.1) is 11.3 Å². The van der Waals surface area contributed by atoms with Gasteiger partial charge in [0.15, 0.2) is 0 Å². The molecule has 5 nitrogen and oxygen atoms in total. The number of nitrogens with zero attached hydrogens (tertiary/aromatic N) is 2.